The summed E-state index contributed by atoms with van der Waals surface area (Å²) in [4.78, 5) is 4.71. The summed E-state index contributed by atoms with van der Waals surface area (Å²) in [7, 11) is 0. The Kier molecular flexibility index (Phi) is 10.7. The minimum Gasteiger partial charge on any atom is -0.509 e. The molecule has 3 heterocycles. The van der Waals surface area contributed by atoms with Gasteiger partial charge >= 0.3 is 21.1 Å². The molecular weight excluding hydrogens is 820 g/mol. The zero-order valence-corrected chi connectivity index (χ0v) is 33.9. The smallest absolute Gasteiger partial charge is 0.509 e. The first-order valence-electron chi connectivity index (χ1n) is 18.1. The Balaban J connectivity index is 0.00000464. The van der Waals surface area contributed by atoms with Gasteiger partial charge in [0.25, 0.3) is 0 Å². The molecule has 0 saturated heterocycles. The Morgan fingerprint density at radius 2 is 1.40 bits per heavy atom. The number of aryl methyl sites for hydroxylation is 4. The van der Waals surface area contributed by atoms with Gasteiger partial charge in [-0.3, -0.25) is 4.68 Å². The molecule has 7 rings (SSSR count). The van der Waals surface area contributed by atoms with Crippen molar-refractivity contribution in [2.24, 2.45) is 10.8 Å². The van der Waals surface area contributed by atoms with Crippen LogP contribution < -0.4 is 4.74 Å². The van der Waals surface area contributed by atoms with Gasteiger partial charge in [-0.25, -0.2) is 4.98 Å². The maximum atomic E-state index is 6.44. The molecule has 0 aliphatic heterocycles. The van der Waals surface area contributed by atoms with Gasteiger partial charge < -0.3 is 9.30 Å². The van der Waals surface area contributed by atoms with Gasteiger partial charge in [-0.15, -0.1) is 35.7 Å². The molecule has 0 amide bonds. The van der Waals surface area contributed by atoms with Crippen molar-refractivity contribution in [2.75, 3.05) is 0 Å². The Hall–Kier alpha value is -4.47. The summed E-state index contributed by atoms with van der Waals surface area (Å²) < 4.78 is 10.5. The molecule has 0 aliphatic carbocycles. The third kappa shape index (κ3) is 8.26. The largest absolute Gasteiger partial charge is 2.00 e. The monoisotopic (exact) mass is 867 g/mol. The normalized spacial score (nSPS) is 12.0. The molecule has 52 heavy (non-hydrogen) atoms. The number of nitrogens with zero attached hydrogens (tertiary/aromatic N) is 4. The van der Waals surface area contributed by atoms with E-state index in [0.717, 1.165) is 70.1 Å². The molecule has 7 aromatic rings. The predicted octanol–water partition coefficient (Wildman–Crippen LogP) is 12.0. The van der Waals surface area contributed by atoms with Crippen molar-refractivity contribution in [1.82, 2.24) is 19.3 Å². The molecule has 5 nitrogen and oxygen atoms in total. The summed E-state index contributed by atoms with van der Waals surface area (Å²) in [6.07, 6.45) is 10.3. The van der Waals surface area contributed by atoms with Gasteiger partial charge in [-0.2, -0.15) is 17.2 Å². The Morgan fingerprint density at radius 3 is 2.10 bits per heavy atom. The van der Waals surface area contributed by atoms with Crippen LogP contribution in [0.3, 0.4) is 0 Å². The molecule has 3 aromatic heterocycles. The number of aromatic nitrogens is 4. The molecule has 0 atom stereocenters. The summed E-state index contributed by atoms with van der Waals surface area (Å²) in [5, 5.41) is 7.11. The molecule has 268 valence electrons. The van der Waals surface area contributed by atoms with Crippen LogP contribution in [0.25, 0.3) is 44.4 Å². The summed E-state index contributed by atoms with van der Waals surface area (Å²) in [5.74, 6) is 2.07. The van der Waals surface area contributed by atoms with Crippen molar-refractivity contribution in [1.29, 1.82) is 0 Å². The molecule has 0 N–H and O–H groups in total. The van der Waals surface area contributed by atoms with Gasteiger partial charge in [0.1, 0.15) is 5.82 Å². The van der Waals surface area contributed by atoms with E-state index in [4.69, 9.17) is 14.8 Å². The number of benzene rings is 4. The van der Waals surface area contributed by atoms with E-state index in [-0.39, 0.29) is 31.9 Å². The Bertz CT molecular complexity index is 2310. The second-order valence-corrected chi connectivity index (χ2v) is 16.4. The van der Waals surface area contributed by atoms with Crippen LogP contribution in [-0.4, -0.2) is 19.3 Å². The quantitative estimate of drug-likeness (QED) is 0.136. The zero-order chi connectivity index (χ0) is 35.9. The number of para-hydroxylation sites is 1. The van der Waals surface area contributed by atoms with Crippen molar-refractivity contribution in [3.63, 3.8) is 0 Å². The van der Waals surface area contributed by atoms with E-state index in [0.29, 0.717) is 11.5 Å². The molecule has 6 heteroatoms. The fourth-order valence-corrected chi connectivity index (χ4v) is 6.87. The van der Waals surface area contributed by atoms with Gasteiger partial charge in [-0.05, 0) is 102 Å². The van der Waals surface area contributed by atoms with Crippen molar-refractivity contribution >= 4 is 21.8 Å². The van der Waals surface area contributed by atoms with Crippen LogP contribution in [0, 0.1) is 36.8 Å². The van der Waals surface area contributed by atoms with Crippen molar-refractivity contribution in [3.8, 4) is 34.1 Å². The standard InChI is InChI=1S/C46H48N4O.Pt/c1-31-20-23-47-43(26-31)50-41-15-10-9-14-39(41)40-17-16-38(28-42(40)50)51-37-13-11-12-36(27-37)49-30-35(29-48-49)44-33(18-21-45(3,4)5)24-32(2)25-34(44)19-22-46(6,7)8;/h9-17,20,23-26,29-30H,18-19,21-22H2,1-8H3;/q-2;+2. The van der Waals surface area contributed by atoms with Crippen LogP contribution in [0.2, 0.25) is 0 Å². The number of rotatable bonds is 9. The first-order valence-corrected chi connectivity index (χ1v) is 18.1. The van der Waals surface area contributed by atoms with Crippen molar-refractivity contribution < 1.29 is 25.8 Å². The molecule has 0 saturated carbocycles. The average Bonchev–Trinajstić information content (AvgIpc) is 3.69. The molecule has 0 radical (unpaired) electrons. The Morgan fingerprint density at radius 1 is 0.712 bits per heavy atom. The minimum absolute atomic E-state index is 0. The minimum atomic E-state index is 0. The van der Waals surface area contributed by atoms with Gasteiger partial charge in [-0.1, -0.05) is 83.0 Å². The van der Waals surface area contributed by atoms with E-state index in [2.05, 4.69) is 127 Å². The fraction of sp³-hybridized carbons (Fsp3) is 0.304. The van der Waals surface area contributed by atoms with E-state index in [9.17, 15) is 0 Å². The number of ether oxygens (including phenoxy) is 1. The first kappa shape index (κ1) is 37.3. The van der Waals surface area contributed by atoms with E-state index < -0.39 is 0 Å². The second kappa shape index (κ2) is 14.9. The van der Waals surface area contributed by atoms with Crippen LogP contribution in [0.15, 0.2) is 97.5 Å². The maximum absolute atomic E-state index is 6.44. The van der Waals surface area contributed by atoms with Crippen LogP contribution in [0.4, 0.5) is 0 Å². The van der Waals surface area contributed by atoms with Crippen LogP contribution in [-0.2, 0) is 33.9 Å². The molecule has 0 fully saturated rings. The van der Waals surface area contributed by atoms with Crippen LogP contribution in [0.1, 0.15) is 76.6 Å². The topological polar surface area (TPSA) is 44.9 Å². The van der Waals surface area contributed by atoms with Gasteiger partial charge in [0.05, 0.1) is 6.20 Å². The second-order valence-electron chi connectivity index (χ2n) is 16.4. The maximum Gasteiger partial charge on any atom is 2.00 e. The average molecular weight is 868 g/mol. The number of fused-ring (bicyclic) bond motifs is 3. The molecule has 0 bridgehead atoms. The molecule has 0 aliphatic rings. The van der Waals surface area contributed by atoms with E-state index in [1.165, 1.54) is 22.3 Å². The third-order valence-electron chi connectivity index (χ3n) is 9.51. The van der Waals surface area contributed by atoms with E-state index in [1.807, 2.05) is 47.4 Å². The third-order valence-corrected chi connectivity index (χ3v) is 9.51. The molecular formula is C46H48N4OPt. The molecule has 4 aromatic carbocycles. The summed E-state index contributed by atoms with van der Waals surface area (Å²) >= 11 is 0. The SMILES string of the molecule is Cc1ccnc(-n2c3[c-]c(Oc4[c-]c(-n5cc(-c6c(CCC(C)(C)C)cc(C)cc6CCC(C)(C)C)cn5)ccc4)ccc3c3ccccc32)c1.[Pt+2]. The van der Waals surface area contributed by atoms with E-state index in [1.54, 1.807) is 0 Å². The summed E-state index contributed by atoms with van der Waals surface area (Å²) in [6, 6.07) is 34.3. The van der Waals surface area contributed by atoms with Crippen LogP contribution in [0.5, 0.6) is 11.5 Å². The number of pyridine rings is 1. The van der Waals surface area contributed by atoms with Crippen LogP contribution >= 0.6 is 0 Å². The summed E-state index contributed by atoms with van der Waals surface area (Å²) in [5.41, 5.74) is 11.1. The van der Waals surface area contributed by atoms with Gasteiger partial charge in [0.2, 0.25) is 0 Å². The van der Waals surface area contributed by atoms with Gasteiger partial charge in [0.15, 0.2) is 0 Å². The van der Waals surface area contributed by atoms with Crippen molar-refractivity contribution in [3.05, 3.63) is 132 Å². The van der Waals surface area contributed by atoms with Crippen molar-refractivity contribution in [2.45, 2.75) is 81.1 Å². The van der Waals surface area contributed by atoms with E-state index >= 15 is 0 Å². The zero-order valence-electron chi connectivity index (χ0n) is 31.6. The summed E-state index contributed by atoms with van der Waals surface area (Å²) in [6.45, 7) is 18.2. The Labute approximate surface area is 323 Å². The number of hydrogen-bond acceptors (Lipinski definition) is 3. The van der Waals surface area contributed by atoms with Gasteiger partial charge in [0, 0.05) is 35.0 Å². The predicted molar refractivity (Wildman–Crippen MR) is 210 cm³/mol. The first-order chi connectivity index (χ1) is 24.3. The molecule has 0 spiro atoms. The molecule has 0 unspecified atom stereocenters. The fourth-order valence-electron chi connectivity index (χ4n) is 6.87. The number of hydrogen-bond donors (Lipinski definition) is 0.